The summed E-state index contributed by atoms with van der Waals surface area (Å²) in [5, 5.41) is 4.30. The predicted molar refractivity (Wildman–Crippen MR) is 86.6 cm³/mol. The largest absolute Gasteiger partial charge is 0.493 e. The third kappa shape index (κ3) is 3.34. The fraction of sp³-hybridized carbons (Fsp3) is 0.375. The van der Waals surface area contributed by atoms with E-state index in [-0.39, 0.29) is 6.04 Å². The van der Waals surface area contributed by atoms with Crippen molar-refractivity contribution >= 4 is 11.8 Å². The number of nitrogens with one attached hydrogen (secondary N) is 1. The van der Waals surface area contributed by atoms with Crippen LogP contribution in [0.25, 0.3) is 0 Å². The van der Waals surface area contributed by atoms with E-state index < -0.39 is 0 Å². The lowest BCUT2D eigenvalue weighted by Gasteiger charge is -2.27. The van der Waals surface area contributed by atoms with Gasteiger partial charge in [0.1, 0.15) is 6.61 Å². The first-order valence-corrected chi connectivity index (χ1v) is 8.39. The summed E-state index contributed by atoms with van der Waals surface area (Å²) in [4.78, 5) is 8.57. The van der Waals surface area contributed by atoms with E-state index in [9.17, 15) is 0 Å². The van der Waals surface area contributed by atoms with Crippen LogP contribution in [0.3, 0.4) is 0 Å². The second kappa shape index (κ2) is 6.98. The third-order valence-corrected chi connectivity index (χ3v) is 4.21. The van der Waals surface area contributed by atoms with Crippen LogP contribution < -0.4 is 14.8 Å². The minimum atomic E-state index is 0.278. The lowest BCUT2D eigenvalue weighted by molar-refractivity contribution is 0.226. The minimum absolute atomic E-state index is 0.278. The monoisotopic (exact) mass is 317 g/mol. The molecule has 1 aliphatic heterocycles. The molecule has 1 aliphatic rings. The average molecular weight is 317 g/mol. The van der Waals surface area contributed by atoms with Crippen LogP contribution in [0.5, 0.6) is 11.5 Å². The van der Waals surface area contributed by atoms with Crippen LogP contribution in [0.15, 0.2) is 35.7 Å². The van der Waals surface area contributed by atoms with Crippen molar-refractivity contribution in [2.75, 3.05) is 20.0 Å². The zero-order chi connectivity index (χ0) is 15.4. The number of methoxy groups -OCH3 is 1. The van der Waals surface area contributed by atoms with Gasteiger partial charge in [-0.15, -0.1) is 0 Å². The maximum absolute atomic E-state index is 5.86. The molecule has 1 atom stereocenters. The molecule has 1 N–H and O–H groups in total. The predicted octanol–water partition coefficient (Wildman–Crippen LogP) is 2.30. The highest BCUT2D eigenvalue weighted by molar-refractivity contribution is 7.98. The van der Waals surface area contributed by atoms with Crippen molar-refractivity contribution in [2.45, 2.75) is 24.2 Å². The normalized spacial score (nSPS) is 16.7. The number of hydrogen-bond acceptors (Lipinski definition) is 6. The Morgan fingerprint density at radius 3 is 2.91 bits per heavy atom. The molecule has 5 nitrogen and oxygen atoms in total. The van der Waals surface area contributed by atoms with Gasteiger partial charge in [-0.2, -0.15) is 0 Å². The first-order valence-electron chi connectivity index (χ1n) is 7.17. The summed E-state index contributed by atoms with van der Waals surface area (Å²) in [5.74, 6) is 1.67. The smallest absolute Gasteiger partial charge is 0.187 e. The minimum Gasteiger partial charge on any atom is -0.493 e. The Morgan fingerprint density at radius 2 is 2.18 bits per heavy atom. The van der Waals surface area contributed by atoms with Gasteiger partial charge in [0.05, 0.1) is 7.11 Å². The molecule has 116 valence electrons. The van der Waals surface area contributed by atoms with Gasteiger partial charge in [0.2, 0.25) is 0 Å². The molecule has 1 aromatic carbocycles. The van der Waals surface area contributed by atoms with E-state index in [1.54, 1.807) is 18.9 Å². The second-order valence-corrected chi connectivity index (χ2v) is 5.89. The van der Waals surface area contributed by atoms with Crippen LogP contribution in [0.1, 0.15) is 11.1 Å². The summed E-state index contributed by atoms with van der Waals surface area (Å²) in [5.41, 5.74) is 2.26. The molecule has 0 fully saturated rings. The number of thioether (sulfide) groups is 1. The lowest BCUT2D eigenvalue weighted by atomic mass is 10.0. The number of rotatable bonds is 5. The first kappa shape index (κ1) is 15.1. The van der Waals surface area contributed by atoms with Gasteiger partial charge in [0.25, 0.3) is 0 Å². The molecule has 6 heteroatoms. The Kier molecular flexibility index (Phi) is 4.80. The molecule has 0 saturated carbocycles. The van der Waals surface area contributed by atoms with Gasteiger partial charge < -0.3 is 14.8 Å². The SMILES string of the molecule is COc1cccc2c1OC[C@@H](NCc1cnc(SC)nc1)C2. The van der Waals surface area contributed by atoms with E-state index in [1.165, 1.54) is 5.56 Å². The van der Waals surface area contributed by atoms with Crippen molar-refractivity contribution in [3.05, 3.63) is 41.7 Å². The first-order chi connectivity index (χ1) is 10.8. The Labute approximate surface area is 134 Å². The highest BCUT2D eigenvalue weighted by atomic mass is 32.2. The Bertz CT molecular complexity index is 634. The molecule has 0 spiro atoms. The molecule has 2 aromatic rings. The van der Waals surface area contributed by atoms with Crippen LogP contribution in [0, 0.1) is 0 Å². The van der Waals surface area contributed by atoms with Crippen LogP contribution in [0.2, 0.25) is 0 Å². The van der Waals surface area contributed by atoms with Crippen molar-refractivity contribution in [1.82, 2.24) is 15.3 Å². The number of benzene rings is 1. The Morgan fingerprint density at radius 1 is 1.36 bits per heavy atom. The maximum atomic E-state index is 5.86. The summed E-state index contributed by atoms with van der Waals surface area (Å²) < 4.78 is 11.2. The van der Waals surface area contributed by atoms with Crippen molar-refractivity contribution in [1.29, 1.82) is 0 Å². The quantitative estimate of drug-likeness (QED) is 0.674. The molecule has 0 aliphatic carbocycles. The van der Waals surface area contributed by atoms with Gasteiger partial charge >= 0.3 is 0 Å². The number of ether oxygens (including phenoxy) is 2. The molecular formula is C16H19N3O2S. The number of nitrogens with zero attached hydrogens (tertiary/aromatic N) is 2. The summed E-state index contributed by atoms with van der Waals surface area (Å²) in [7, 11) is 1.67. The molecule has 1 aromatic heterocycles. The van der Waals surface area contributed by atoms with E-state index in [1.807, 2.05) is 30.8 Å². The van der Waals surface area contributed by atoms with Crippen LogP contribution >= 0.6 is 11.8 Å². The molecular weight excluding hydrogens is 298 g/mol. The van der Waals surface area contributed by atoms with Gasteiger partial charge in [0.15, 0.2) is 16.7 Å². The van der Waals surface area contributed by atoms with Gasteiger partial charge in [-0.05, 0) is 24.3 Å². The number of fused-ring (bicyclic) bond motifs is 1. The molecule has 0 amide bonds. The van der Waals surface area contributed by atoms with E-state index in [4.69, 9.17) is 9.47 Å². The molecule has 0 saturated heterocycles. The van der Waals surface area contributed by atoms with E-state index >= 15 is 0 Å². The Hall–Kier alpha value is -1.79. The molecule has 0 unspecified atom stereocenters. The lowest BCUT2D eigenvalue weighted by Crippen LogP contribution is -2.39. The van der Waals surface area contributed by atoms with Gasteiger partial charge in [-0.25, -0.2) is 9.97 Å². The van der Waals surface area contributed by atoms with E-state index in [2.05, 4.69) is 21.4 Å². The van der Waals surface area contributed by atoms with Crippen LogP contribution in [-0.4, -0.2) is 36.0 Å². The fourth-order valence-corrected chi connectivity index (χ4v) is 2.80. The van der Waals surface area contributed by atoms with Crippen molar-refractivity contribution < 1.29 is 9.47 Å². The molecule has 2 heterocycles. The Balaban J connectivity index is 1.60. The number of hydrogen-bond donors (Lipinski definition) is 1. The fourth-order valence-electron chi connectivity index (χ4n) is 2.49. The highest BCUT2D eigenvalue weighted by Gasteiger charge is 2.22. The number of para-hydroxylation sites is 1. The van der Waals surface area contributed by atoms with E-state index in [0.29, 0.717) is 6.61 Å². The summed E-state index contributed by atoms with van der Waals surface area (Å²) in [6, 6.07) is 6.29. The summed E-state index contributed by atoms with van der Waals surface area (Å²) >= 11 is 1.54. The maximum Gasteiger partial charge on any atom is 0.187 e. The van der Waals surface area contributed by atoms with Crippen LogP contribution in [0.4, 0.5) is 0 Å². The molecule has 3 rings (SSSR count). The summed E-state index contributed by atoms with van der Waals surface area (Å²) in [6.07, 6.45) is 6.63. The van der Waals surface area contributed by atoms with E-state index in [0.717, 1.165) is 35.2 Å². The second-order valence-electron chi connectivity index (χ2n) is 5.12. The average Bonchev–Trinajstić information content (AvgIpc) is 2.59. The third-order valence-electron chi connectivity index (χ3n) is 3.63. The van der Waals surface area contributed by atoms with Gasteiger partial charge in [0, 0.05) is 30.5 Å². The molecule has 22 heavy (non-hydrogen) atoms. The zero-order valence-electron chi connectivity index (χ0n) is 12.7. The van der Waals surface area contributed by atoms with Gasteiger partial charge in [-0.3, -0.25) is 0 Å². The van der Waals surface area contributed by atoms with Crippen molar-refractivity contribution in [3.8, 4) is 11.5 Å². The zero-order valence-corrected chi connectivity index (χ0v) is 13.5. The van der Waals surface area contributed by atoms with Gasteiger partial charge in [-0.1, -0.05) is 23.9 Å². The highest BCUT2D eigenvalue weighted by Crippen LogP contribution is 2.34. The number of aromatic nitrogens is 2. The molecule has 0 bridgehead atoms. The van der Waals surface area contributed by atoms with Crippen molar-refractivity contribution in [3.63, 3.8) is 0 Å². The summed E-state index contributed by atoms with van der Waals surface area (Å²) in [6.45, 7) is 1.37. The van der Waals surface area contributed by atoms with Crippen LogP contribution in [-0.2, 0) is 13.0 Å². The molecule has 0 radical (unpaired) electrons. The topological polar surface area (TPSA) is 56.3 Å². The standard InChI is InChI=1S/C16H19N3O2S/c1-20-14-5-3-4-12-6-13(10-21-15(12)14)17-7-11-8-18-16(22-2)19-9-11/h3-5,8-9,13,17H,6-7,10H2,1-2H3/t13-/m0/s1. The van der Waals surface area contributed by atoms with Crippen molar-refractivity contribution in [2.24, 2.45) is 0 Å².